The van der Waals surface area contributed by atoms with Gasteiger partial charge < -0.3 is 15.5 Å². The molecule has 1 aliphatic rings. The lowest BCUT2D eigenvalue weighted by molar-refractivity contribution is -0.151. The molecule has 0 radical (unpaired) electrons. The van der Waals surface area contributed by atoms with Crippen LogP contribution in [0, 0.1) is 0 Å². The second kappa shape index (κ2) is 5.53. The third kappa shape index (κ3) is 3.45. The molecule has 118 valence electrons. The number of hydrogen-bond donors (Lipinski definition) is 2. The third-order valence-corrected chi connectivity index (χ3v) is 3.20. The van der Waals surface area contributed by atoms with E-state index >= 15 is 0 Å². The number of nitrogens with one attached hydrogen (secondary N) is 2. The standard InChI is InChI=1S/C12H19F3N6/c1-4-7-16-8-17-9(19-10(18-8)21(2)3)20-11(5-6-11)12(13,14)15/h4-7H2,1-3H3,(H2,16,17,18,19,20). The molecule has 1 fully saturated rings. The Bertz CT molecular complexity index is 498. The van der Waals surface area contributed by atoms with Gasteiger partial charge in [-0.1, -0.05) is 6.92 Å². The van der Waals surface area contributed by atoms with Gasteiger partial charge in [-0.05, 0) is 19.3 Å². The van der Waals surface area contributed by atoms with Crippen molar-refractivity contribution in [2.45, 2.75) is 37.9 Å². The van der Waals surface area contributed by atoms with Crippen LogP contribution in [0.2, 0.25) is 0 Å². The number of hydrogen-bond acceptors (Lipinski definition) is 6. The molecular formula is C12H19F3N6. The second-order valence-corrected chi connectivity index (χ2v) is 5.31. The van der Waals surface area contributed by atoms with Gasteiger partial charge in [-0.25, -0.2) is 0 Å². The molecule has 0 aromatic carbocycles. The zero-order valence-corrected chi connectivity index (χ0v) is 12.3. The summed E-state index contributed by atoms with van der Waals surface area (Å²) in [4.78, 5) is 13.8. The minimum atomic E-state index is -4.31. The van der Waals surface area contributed by atoms with Crippen LogP contribution in [0.3, 0.4) is 0 Å². The Morgan fingerprint density at radius 1 is 1.14 bits per heavy atom. The van der Waals surface area contributed by atoms with E-state index in [4.69, 9.17) is 0 Å². The van der Waals surface area contributed by atoms with Gasteiger partial charge in [0.1, 0.15) is 5.54 Å². The van der Waals surface area contributed by atoms with E-state index in [1.54, 1.807) is 19.0 Å². The minimum absolute atomic E-state index is 0.0389. The van der Waals surface area contributed by atoms with Crippen LogP contribution in [0.25, 0.3) is 0 Å². The zero-order chi connectivity index (χ0) is 15.7. The molecule has 0 unspecified atom stereocenters. The fraction of sp³-hybridized carbons (Fsp3) is 0.750. The van der Waals surface area contributed by atoms with Crippen LogP contribution in [0.15, 0.2) is 0 Å². The molecule has 1 aromatic rings. The molecule has 1 aliphatic carbocycles. The van der Waals surface area contributed by atoms with Gasteiger partial charge >= 0.3 is 6.18 Å². The predicted octanol–water partition coefficient (Wildman–Crippen LogP) is 2.27. The molecule has 1 heterocycles. The fourth-order valence-electron chi connectivity index (χ4n) is 1.75. The summed E-state index contributed by atoms with van der Waals surface area (Å²) in [5.74, 6) is 0.530. The number of halogens is 3. The van der Waals surface area contributed by atoms with E-state index in [0.29, 0.717) is 12.5 Å². The van der Waals surface area contributed by atoms with Crippen LogP contribution in [0.5, 0.6) is 0 Å². The first-order chi connectivity index (χ1) is 9.77. The molecule has 0 bridgehead atoms. The number of anilines is 3. The van der Waals surface area contributed by atoms with Crippen molar-refractivity contribution in [2.24, 2.45) is 0 Å². The molecule has 0 amide bonds. The Labute approximate surface area is 121 Å². The highest BCUT2D eigenvalue weighted by Crippen LogP contribution is 2.50. The van der Waals surface area contributed by atoms with Crippen LogP contribution in [-0.2, 0) is 0 Å². The van der Waals surface area contributed by atoms with E-state index in [1.807, 2.05) is 6.92 Å². The van der Waals surface area contributed by atoms with E-state index in [1.165, 1.54) is 0 Å². The lowest BCUT2D eigenvalue weighted by Gasteiger charge is -2.21. The van der Waals surface area contributed by atoms with Crippen molar-refractivity contribution in [3.8, 4) is 0 Å². The highest BCUT2D eigenvalue weighted by Gasteiger charge is 2.64. The highest BCUT2D eigenvalue weighted by molar-refractivity contribution is 5.45. The first-order valence-corrected chi connectivity index (χ1v) is 6.79. The number of nitrogens with zero attached hydrogens (tertiary/aromatic N) is 4. The molecule has 0 aliphatic heterocycles. The van der Waals surface area contributed by atoms with Gasteiger partial charge in [0.05, 0.1) is 0 Å². The van der Waals surface area contributed by atoms with Crippen LogP contribution in [0.1, 0.15) is 26.2 Å². The molecular weight excluding hydrogens is 285 g/mol. The van der Waals surface area contributed by atoms with Crippen molar-refractivity contribution in [2.75, 3.05) is 36.2 Å². The monoisotopic (exact) mass is 304 g/mol. The van der Waals surface area contributed by atoms with Gasteiger partial charge in [0.2, 0.25) is 17.8 Å². The van der Waals surface area contributed by atoms with Gasteiger partial charge in [-0.15, -0.1) is 0 Å². The summed E-state index contributed by atoms with van der Waals surface area (Å²) in [6.45, 7) is 2.61. The zero-order valence-electron chi connectivity index (χ0n) is 12.3. The SMILES string of the molecule is CCCNc1nc(NC2(C(F)(F)F)CC2)nc(N(C)C)n1. The maximum Gasteiger partial charge on any atom is 0.411 e. The molecule has 2 N–H and O–H groups in total. The largest absolute Gasteiger partial charge is 0.411 e. The number of aromatic nitrogens is 3. The first kappa shape index (κ1) is 15.6. The Balaban J connectivity index is 2.24. The minimum Gasteiger partial charge on any atom is -0.354 e. The van der Waals surface area contributed by atoms with Gasteiger partial charge in [0, 0.05) is 20.6 Å². The molecule has 0 spiro atoms. The van der Waals surface area contributed by atoms with Crippen LogP contribution < -0.4 is 15.5 Å². The van der Waals surface area contributed by atoms with E-state index in [9.17, 15) is 13.2 Å². The van der Waals surface area contributed by atoms with Crippen LogP contribution in [-0.4, -0.2) is 47.3 Å². The predicted molar refractivity (Wildman–Crippen MR) is 74.6 cm³/mol. The van der Waals surface area contributed by atoms with Crippen molar-refractivity contribution >= 4 is 17.8 Å². The van der Waals surface area contributed by atoms with E-state index in [2.05, 4.69) is 25.6 Å². The molecule has 1 saturated carbocycles. The Morgan fingerprint density at radius 2 is 1.76 bits per heavy atom. The van der Waals surface area contributed by atoms with Gasteiger partial charge in [0.15, 0.2) is 0 Å². The second-order valence-electron chi connectivity index (χ2n) is 5.31. The van der Waals surface area contributed by atoms with Crippen LogP contribution in [0.4, 0.5) is 31.0 Å². The molecule has 9 heteroatoms. The van der Waals surface area contributed by atoms with Crippen LogP contribution >= 0.6 is 0 Å². The number of rotatable bonds is 6. The Morgan fingerprint density at radius 3 is 2.24 bits per heavy atom. The Hall–Kier alpha value is -1.80. The van der Waals surface area contributed by atoms with Gasteiger partial charge in [0.25, 0.3) is 0 Å². The third-order valence-electron chi connectivity index (χ3n) is 3.20. The maximum absolute atomic E-state index is 13.0. The van der Waals surface area contributed by atoms with E-state index in [0.717, 1.165) is 6.42 Å². The summed E-state index contributed by atoms with van der Waals surface area (Å²) in [5.41, 5.74) is -1.89. The van der Waals surface area contributed by atoms with Crippen molar-refractivity contribution in [3.63, 3.8) is 0 Å². The molecule has 2 rings (SSSR count). The smallest absolute Gasteiger partial charge is 0.354 e. The summed E-state index contributed by atoms with van der Waals surface area (Å²) in [5, 5.41) is 5.39. The summed E-state index contributed by atoms with van der Waals surface area (Å²) in [6.07, 6.45) is -3.37. The summed E-state index contributed by atoms with van der Waals surface area (Å²) in [7, 11) is 3.44. The lowest BCUT2D eigenvalue weighted by Crippen LogP contribution is -2.39. The van der Waals surface area contributed by atoms with E-state index in [-0.39, 0.29) is 24.7 Å². The normalized spacial score (nSPS) is 16.5. The summed E-state index contributed by atoms with van der Waals surface area (Å²) in [6, 6.07) is 0. The van der Waals surface area contributed by atoms with Gasteiger partial charge in [-0.2, -0.15) is 28.1 Å². The lowest BCUT2D eigenvalue weighted by atomic mass is 10.3. The van der Waals surface area contributed by atoms with Crippen molar-refractivity contribution < 1.29 is 13.2 Å². The summed E-state index contributed by atoms with van der Waals surface area (Å²) >= 11 is 0. The van der Waals surface area contributed by atoms with Crippen molar-refractivity contribution in [1.82, 2.24) is 15.0 Å². The quantitative estimate of drug-likeness (QED) is 0.840. The summed E-state index contributed by atoms with van der Waals surface area (Å²) < 4.78 is 39.0. The Kier molecular flexibility index (Phi) is 4.11. The first-order valence-electron chi connectivity index (χ1n) is 6.79. The molecule has 6 nitrogen and oxygen atoms in total. The van der Waals surface area contributed by atoms with Crippen molar-refractivity contribution in [3.05, 3.63) is 0 Å². The molecule has 1 aromatic heterocycles. The number of alkyl halides is 3. The molecule has 0 saturated heterocycles. The van der Waals surface area contributed by atoms with E-state index < -0.39 is 11.7 Å². The van der Waals surface area contributed by atoms with Crippen molar-refractivity contribution in [1.29, 1.82) is 0 Å². The fourth-order valence-corrected chi connectivity index (χ4v) is 1.75. The maximum atomic E-state index is 13.0. The average molecular weight is 304 g/mol. The topological polar surface area (TPSA) is 66.0 Å². The van der Waals surface area contributed by atoms with Gasteiger partial charge in [-0.3, -0.25) is 0 Å². The highest BCUT2D eigenvalue weighted by atomic mass is 19.4. The average Bonchev–Trinajstić information content (AvgIpc) is 3.16. The molecule has 0 atom stereocenters. The molecule has 21 heavy (non-hydrogen) atoms.